The number of carbonyl (C=O) groups excluding carboxylic acids is 1. The maximum absolute atomic E-state index is 12.3. The number of ketones is 1. The van der Waals surface area contributed by atoms with Crippen molar-refractivity contribution in [3.8, 4) is 0 Å². The summed E-state index contributed by atoms with van der Waals surface area (Å²) in [6, 6.07) is 1.75. The lowest BCUT2D eigenvalue weighted by Crippen LogP contribution is -2.36. The molecule has 98 valence electrons. The SMILES string of the molecule is CC(C)=CC(=O)[C@H]1[C@H](C)CC[C@]1(O)c1ccoc1. The Morgan fingerprint density at radius 3 is 2.83 bits per heavy atom. The Morgan fingerprint density at radius 1 is 1.56 bits per heavy atom. The average molecular weight is 248 g/mol. The summed E-state index contributed by atoms with van der Waals surface area (Å²) in [7, 11) is 0. The maximum Gasteiger partial charge on any atom is 0.162 e. The molecule has 3 nitrogen and oxygen atoms in total. The van der Waals surface area contributed by atoms with Crippen LogP contribution in [0.4, 0.5) is 0 Å². The summed E-state index contributed by atoms with van der Waals surface area (Å²) < 4.78 is 5.05. The molecule has 18 heavy (non-hydrogen) atoms. The molecular weight excluding hydrogens is 228 g/mol. The normalized spacial score (nSPS) is 31.3. The van der Waals surface area contributed by atoms with Crippen LogP contribution in [0.15, 0.2) is 34.7 Å². The molecule has 0 bridgehead atoms. The summed E-state index contributed by atoms with van der Waals surface area (Å²) in [6.07, 6.45) is 6.19. The fourth-order valence-corrected chi connectivity index (χ4v) is 2.97. The van der Waals surface area contributed by atoms with Gasteiger partial charge >= 0.3 is 0 Å². The highest BCUT2D eigenvalue weighted by Crippen LogP contribution is 2.47. The van der Waals surface area contributed by atoms with Gasteiger partial charge in [0.05, 0.1) is 18.4 Å². The number of hydrogen-bond donors (Lipinski definition) is 1. The van der Waals surface area contributed by atoms with Gasteiger partial charge in [0.15, 0.2) is 5.78 Å². The molecule has 0 radical (unpaired) electrons. The van der Waals surface area contributed by atoms with Crippen molar-refractivity contribution >= 4 is 5.78 Å². The highest BCUT2D eigenvalue weighted by Gasteiger charge is 2.50. The van der Waals surface area contributed by atoms with Crippen LogP contribution in [0.5, 0.6) is 0 Å². The zero-order valence-electron chi connectivity index (χ0n) is 11.1. The fourth-order valence-electron chi connectivity index (χ4n) is 2.97. The van der Waals surface area contributed by atoms with Crippen molar-refractivity contribution in [3.05, 3.63) is 35.8 Å². The molecule has 0 saturated heterocycles. The standard InChI is InChI=1S/C15H20O3/c1-10(2)8-13(16)14-11(3)4-6-15(14,17)12-5-7-18-9-12/h5,7-9,11,14,17H,4,6H2,1-3H3/t11-,14-,15+/m1/s1. The molecule has 1 aliphatic rings. The minimum atomic E-state index is -1.07. The predicted molar refractivity (Wildman–Crippen MR) is 68.9 cm³/mol. The molecule has 1 fully saturated rings. The molecule has 0 aromatic carbocycles. The minimum absolute atomic E-state index is 0.0173. The van der Waals surface area contributed by atoms with E-state index in [0.29, 0.717) is 12.0 Å². The Hall–Kier alpha value is -1.35. The summed E-state index contributed by atoms with van der Waals surface area (Å²) in [6.45, 7) is 5.82. The van der Waals surface area contributed by atoms with E-state index in [-0.39, 0.29) is 17.6 Å². The lowest BCUT2D eigenvalue weighted by molar-refractivity contribution is -0.127. The molecule has 1 heterocycles. The van der Waals surface area contributed by atoms with Crippen molar-refractivity contribution in [1.29, 1.82) is 0 Å². The van der Waals surface area contributed by atoms with Gasteiger partial charge in [-0.1, -0.05) is 12.5 Å². The topological polar surface area (TPSA) is 50.4 Å². The van der Waals surface area contributed by atoms with E-state index >= 15 is 0 Å². The third-order valence-electron chi connectivity index (χ3n) is 3.82. The van der Waals surface area contributed by atoms with Crippen LogP contribution < -0.4 is 0 Å². The second-order valence-corrected chi connectivity index (χ2v) is 5.55. The van der Waals surface area contributed by atoms with Crippen LogP contribution in [0.25, 0.3) is 0 Å². The Labute approximate surface area is 108 Å². The second-order valence-electron chi connectivity index (χ2n) is 5.55. The molecule has 1 saturated carbocycles. The lowest BCUT2D eigenvalue weighted by atomic mass is 9.79. The van der Waals surface area contributed by atoms with Gasteiger partial charge in [0.2, 0.25) is 0 Å². The molecule has 3 atom stereocenters. The van der Waals surface area contributed by atoms with Gasteiger partial charge in [-0.25, -0.2) is 0 Å². The first-order chi connectivity index (χ1) is 8.45. The van der Waals surface area contributed by atoms with Crippen molar-refractivity contribution < 1.29 is 14.3 Å². The third-order valence-corrected chi connectivity index (χ3v) is 3.82. The fraction of sp³-hybridized carbons (Fsp3) is 0.533. The first-order valence-corrected chi connectivity index (χ1v) is 6.39. The molecule has 1 N–H and O–H groups in total. The van der Waals surface area contributed by atoms with E-state index in [1.165, 1.54) is 0 Å². The van der Waals surface area contributed by atoms with Crippen LogP contribution in [0.2, 0.25) is 0 Å². The molecule has 1 aliphatic carbocycles. The second kappa shape index (κ2) is 4.73. The Bertz CT molecular complexity index is 454. The van der Waals surface area contributed by atoms with Crippen LogP contribution in [0, 0.1) is 11.8 Å². The van der Waals surface area contributed by atoms with Gasteiger partial charge in [-0.15, -0.1) is 0 Å². The van der Waals surface area contributed by atoms with E-state index in [1.54, 1.807) is 24.7 Å². The monoisotopic (exact) mass is 248 g/mol. The van der Waals surface area contributed by atoms with Crippen LogP contribution >= 0.6 is 0 Å². The van der Waals surface area contributed by atoms with Crippen molar-refractivity contribution in [3.63, 3.8) is 0 Å². The van der Waals surface area contributed by atoms with Gasteiger partial charge in [0, 0.05) is 5.56 Å². The number of furan rings is 1. The van der Waals surface area contributed by atoms with Crippen LogP contribution in [-0.2, 0) is 10.4 Å². The highest BCUT2D eigenvalue weighted by atomic mass is 16.3. The van der Waals surface area contributed by atoms with Crippen LogP contribution in [0.3, 0.4) is 0 Å². The van der Waals surface area contributed by atoms with Crippen molar-refractivity contribution in [1.82, 2.24) is 0 Å². The molecule has 1 aromatic rings. The first-order valence-electron chi connectivity index (χ1n) is 6.39. The third kappa shape index (κ3) is 2.15. The van der Waals surface area contributed by atoms with Gasteiger partial charge in [-0.2, -0.15) is 0 Å². The highest BCUT2D eigenvalue weighted by molar-refractivity contribution is 5.93. The Morgan fingerprint density at radius 2 is 2.28 bits per heavy atom. The van der Waals surface area contributed by atoms with Crippen LogP contribution in [0.1, 0.15) is 39.2 Å². The number of aliphatic hydroxyl groups is 1. The van der Waals surface area contributed by atoms with Gasteiger partial charge in [0.1, 0.15) is 5.60 Å². The molecule has 1 aromatic heterocycles. The smallest absolute Gasteiger partial charge is 0.162 e. The zero-order valence-corrected chi connectivity index (χ0v) is 11.1. The molecule has 0 aliphatic heterocycles. The molecule has 0 amide bonds. The number of carbonyl (C=O) groups is 1. The molecule has 0 unspecified atom stereocenters. The predicted octanol–water partition coefficient (Wildman–Crippen LogP) is 3.05. The largest absolute Gasteiger partial charge is 0.472 e. The summed E-state index contributed by atoms with van der Waals surface area (Å²) in [5.41, 5.74) is 0.608. The summed E-state index contributed by atoms with van der Waals surface area (Å²) >= 11 is 0. The molecular formula is C15H20O3. The molecule has 2 rings (SSSR count). The van der Waals surface area contributed by atoms with E-state index in [2.05, 4.69) is 0 Å². The summed E-state index contributed by atoms with van der Waals surface area (Å²) in [4.78, 5) is 12.3. The van der Waals surface area contributed by atoms with Gasteiger partial charge in [0.25, 0.3) is 0 Å². The van der Waals surface area contributed by atoms with Gasteiger partial charge in [-0.3, -0.25) is 4.79 Å². The van der Waals surface area contributed by atoms with E-state index < -0.39 is 5.60 Å². The lowest BCUT2D eigenvalue weighted by Gasteiger charge is -2.29. The first kappa shape index (κ1) is 13.1. The quantitative estimate of drug-likeness (QED) is 0.836. The Balaban J connectivity index is 2.36. The van der Waals surface area contributed by atoms with Crippen molar-refractivity contribution in [2.45, 2.75) is 39.2 Å². The number of rotatable bonds is 3. The summed E-state index contributed by atoms with van der Waals surface area (Å²) in [5, 5.41) is 10.9. The van der Waals surface area contributed by atoms with E-state index in [1.807, 2.05) is 20.8 Å². The number of allylic oxidation sites excluding steroid dienone is 2. The maximum atomic E-state index is 12.3. The minimum Gasteiger partial charge on any atom is -0.472 e. The molecule has 3 heteroatoms. The van der Waals surface area contributed by atoms with E-state index in [9.17, 15) is 9.90 Å². The summed E-state index contributed by atoms with van der Waals surface area (Å²) in [5.74, 6) is -0.165. The van der Waals surface area contributed by atoms with Gasteiger partial charge < -0.3 is 9.52 Å². The van der Waals surface area contributed by atoms with E-state index in [4.69, 9.17) is 4.42 Å². The Kier molecular flexibility index (Phi) is 3.44. The average Bonchev–Trinajstić information content (AvgIpc) is 2.86. The van der Waals surface area contributed by atoms with Crippen LogP contribution in [-0.4, -0.2) is 10.9 Å². The van der Waals surface area contributed by atoms with E-state index in [0.717, 1.165) is 12.0 Å². The van der Waals surface area contributed by atoms with Crippen molar-refractivity contribution in [2.75, 3.05) is 0 Å². The van der Waals surface area contributed by atoms with Crippen molar-refractivity contribution in [2.24, 2.45) is 11.8 Å². The molecule has 0 spiro atoms. The van der Waals surface area contributed by atoms with Gasteiger partial charge in [-0.05, 0) is 44.7 Å². The zero-order chi connectivity index (χ0) is 13.3. The number of hydrogen-bond acceptors (Lipinski definition) is 3.